The van der Waals surface area contributed by atoms with Crippen LogP contribution in [0.1, 0.15) is 26.7 Å². The molecule has 0 spiro atoms. The zero-order valence-corrected chi connectivity index (χ0v) is 18.4. The number of carbonyl (C=O) groups is 4. The van der Waals surface area contributed by atoms with Crippen molar-refractivity contribution in [2.75, 3.05) is 19.0 Å². The highest BCUT2D eigenvalue weighted by Crippen LogP contribution is 2.21. The summed E-state index contributed by atoms with van der Waals surface area (Å²) < 4.78 is 18.9. The van der Waals surface area contributed by atoms with Gasteiger partial charge in [0, 0.05) is 11.0 Å². The molecule has 3 N–H and O–H groups in total. The number of nitrogens with zero attached hydrogens (tertiary/aromatic N) is 1. The highest BCUT2D eigenvalue weighted by Gasteiger charge is 2.39. The van der Waals surface area contributed by atoms with Crippen LogP contribution in [0.5, 0.6) is 0 Å². The first-order valence-electron chi connectivity index (χ1n) is 9.36. The number of imide groups is 1. The number of alkyl carbamates (subject to hydrolysis) is 1. The summed E-state index contributed by atoms with van der Waals surface area (Å²) in [7, 11) is 1.19. The van der Waals surface area contributed by atoms with Gasteiger partial charge < -0.3 is 20.3 Å². The molecule has 0 aromatic heterocycles. The van der Waals surface area contributed by atoms with Crippen LogP contribution in [0, 0.1) is 11.7 Å². The maximum absolute atomic E-state index is 13.9. The van der Waals surface area contributed by atoms with Crippen LogP contribution in [0.4, 0.5) is 19.7 Å². The fourth-order valence-corrected chi connectivity index (χ4v) is 3.45. The molecule has 164 valence electrons. The molecule has 1 aliphatic rings. The average molecular weight is 487 g/mol. The number of likely N-dealkylation sites (tertiary alicyclic amines) is 1. The van der Waals surface area contributed by atoms with Gasteiger partial charge in [0.1, 0.15) is 17.9 Å². The topological polar surface area (TPSA) is 117 Å². The Balaban J connectivity index is 2.04. The monoisotopic (exact) mass is 486 g/mol. The van der Waals surface area contributed by atoms with Crippen molar-refractivity contribution in [3.8, 4) is 0 Å². The van der Waals surface area contributed by atoms with Crippen LogP contribution in [0.2, 0.25) is 0 Å². The summed E-state index contributed by atoms with van der Waals surface area (Å²) in [6, 6.07) is 1.40. The van der Waals surface area contributed by atoms with E-state index < -0.39 is 41.8 Å². The van der Waals surface area contributed by atoms with E-state index in [0.29, 0.717) is 23.9 Å². The number of halogens is 2. The molecule has 2 atom stereocenters. The molecule has 1 aromatic carbocycles. The Kier molecular flexibility index (Phi) is 8.16. The van der Waals surface area contributed by atoms with Crippen molar-refractivity contribution in [1.29, 1.82) is 0 Å². The van der Waals surface area contributed by atoms with Crippen molar-refractivity contribution >= 4 is 45.6 Å². The highest BCUT2D eigenvalue weighted by atomic mass is 79.9. The Morgan fingerprint density at radius 1 is 1.27 bits per heavy atom. The molecule has 9 nitrogen and oxygen atoms in total. The number of carbonyl (C=O) groups excluding carboxylic acids is 4. The molecular formula is C19H24BrFN4O5. The molecule has 30 heavy (non-hydrogen) atoms. The number of urea groups is 1. The highest BCUT2D eigenvalue weighted by molar-refractivity contribution is 9.10. The largest absolute Gasteiger partial charge is 0.453 e. The molecule has 1 aromatic rings. The maximum atomic E-state index is 13.9. The Bertz CT molecular complexity index is 835. The van der Waals surface area contributed by atoms with Gasteiger partial charge in [0.05, 0.1) is 12.8 Å². The van der Waals surface area contributed by atoms with Gasteiger partial charge in [0.15, 0.2) is 0 Å². The van der Waals surface area contributed by atoms with Gasteiger partial charge in [0.25, 0.3) is 5.91 Å². The van der Waals surface area contributed by atoms with Crippen molar-refractivity contribution in [3.05, 3.63) is 28.5 Å². The summed E-state index contributed by atoms with van der Waals surface area (Å²) in [5.74, 6) is -2.04. The van der Waals surface area contributed by atoms with Gasteiger partial charge in [-0.05, 0) is 37.0 Å². The van der Waals surface area contributed by atoms with Crippen LogP contribution < -0.4 is 16.0 Å². The SMILES string of the molecule is COC(=O)N[C@H](C(=O)N1CCCC1C(=O)NC(=O)Nc1ccc(Br)cc1F)C(C)C. The predicted molar refractivity (Wildman–Crippen MR) is 110 cm³/mol. The van der Waals surface area contributed by atoms with Crippen LogP contribution in [0.15, 0.2) is 22.7 Å². The third kappa shape index (κ3) is 5.91. The number of rotatable bonds is 5. The molecule has 1 aliphatic heterocycles. The summed E-state index contributed by atoms with van der Waals surface area (Å²) >= 11 is 3.11. The van der Waals surface area contributed by atoms with Gasteiger partial charge >= 0.3 is 12.1 Å². The van der Waals surface area contributed by atoms with Crippen LogP contribution in [0.3, 0.4) is 0 Å². The second kappa shape index (κ2) is 10.4. The van der Waals surface area contributed by atoms with E-state index in [-0.39, 0.29) is 11.6 Å². The number of hydrogen-bond acceptors (Lipinski definition) is 5. The lowest BCUT2D eigenvalue weighted by Gasteiger charge is -2.30. The van der Waals surface area contributed by atoms with E-state index in [1.54, 1.807) is 13.8 Å². The van der Waals surface area contributed by atoms with Gasteiger partial charge in [0.2, 0.25) is 5.91 Å². The van der Waals surface area contributed by atoms with E-state index in [1.807, 2.05) is 0 Å². The van der Waals surface area contributed by atoms with Crippen molar-refractivity contribution < 1.29 is 28.3 Å². The molecule has 1 heterocycles. The Morgan fingerprint density at radius 3 is 2.57 bits per heavy atom. The average Bonchev–Trinajstić information content (AvgIpc) is 3.17. The molecule has 1 fully saturated rings. The van der Waals surface area contributed by atoms with E-state index in [9.17, 15) is 23.6 Å². The molecule has 0 radical (unpaired) electrons. The first-order chi connectivity index (χ1) is 14.1. The summed E-state index contributed by atoms with van der Waals surface area (Å²) in [5, 5.41) is 6.89. The summed E-state index contributed by atoms with van der Waals surface area (Å²) in [5.41, 5.74) is -0.0926. The predicted octanol–water partition coefficient (Wildman–Crippen LogP) is 2.61. The summed E-state index contributed by atoms with van der Waals surface area (Å²) in [6.45, 7) is 3.82. The first-order valence-corrected chi connectivity index (χ1v) is 10.1. The zero-order valence-electron chi connectivity index (χ0n) is 16.8. The van der Waals surface area contributed by atoms with Crippen molar-refractivity contribution in [2.45, 2.75) is 38.8 Å². The quantitative estimate of drug-likeness (QED) is 0.591. The van der Waals surface area contributed by atoms with Crippen molar-refractivity contribution in [2.24, 2.45) is 5.92 Å². The fourth-order valence-electron chi connectivity index (χ4n) is 3.12. The van der Waals surface area contributed by atoms with Crippen molar-refractivity contribution in [3.63, 3.8) is 0 Å². The van der Waals surface area contributed by atoms with E-state index in [2.05, 4.69) is 36.6 Å². The number of hydrogen-bond donors (Lipinski definition) is 3. The minimum Gasteiger partial charge on any atom is -0.453 e. The number of nitrogens with one attached hydrogen (secondary N) is 3. The molecule has 11 heteroatoms. The van der Waals surface area contributed by atoms with E-state index in [1.165, 1.54) is 30.2 Å². The minimum absolute atomic E-state index is 0.0926. The second-order valence-electron chi connectivity index (χ2n) is 7.11. The molecule has 0 saturated carbocycles. The lowest BCUT2D eigenvalue weighted by molar-refractivity contribution is -0.140. The van der Waals surface area contributed by atoms with Crippen LogP contribution in [-0.4, -0.2) is 54.6 Å². The standard InChI is InChI=1S/C19H24BrFN4O5/c1-10(2)15(23-19(29)30-3)17(27)25-8-4-5-14(25)16(26)24-18(28)22-13-7-6-11(20)9-12(13)21/h6-7,9-10,14-15H,4-5,8H2,1-3H3,(H,23,29)(H2,22,24,26,28)/t14?,15-/m0/s1. The van der Waals surface area contributed by atoms with E-state index in [4.69, 9.17) is 0 Å². The molecule has 0 aliphatic carbocycles. The number of anilines is 1. The Hall–Kier alpha value is -2.69. The summed E-state index contributed by atoms with van der Waals surface area (Å²) in [4.78, 5) is 50.5. The number of ether oxygens (including phenoxy) is 1. The van der Waals surface area contributed by atoms with E-state index in [0.717, 1.165) is 0 Å². The summed E-state index contributed by atoms with van der Waals surface area (Å²) in [6.07, 6.45) is 0.175. The molecule has 2 rings (SSSR count). The normalized spacial score (nSPS) is 16.7. The van der Waals surface area contributed by atoms with Gasteiger partial charge in [-0.15, -0.1) is 0 Å². The Morgan fingerprint density at radius 2 is 1.97 bits per heavy atom. The number of benzene rings is 1. The van der Waals surface area contributed by atoms with E-state index >= 15 is 0 Å². The van der Waals surface area contributed by atoms with Gasteiger partial charge in [-0.3, -0.25) is 14.9 Å². The molecule has 0 bridgehead atoms. The maximum Gasteiger partial charge on any atom is 0.407 e. The molecule has 1 unspecified atom stereocenters. The minimum atomic E-state index is -0.909. The third-order valence-corrected chi connectivity index (χ3v) is 5.14. The van der Waals surface area contributed by atoms with Gasteiger partial charge in [-0.2, -0.15) is 0 Å². The second-order valence-corrected chi connectivity index (χ2v) is 8.03. The first kappa shape index (κ1) is 23.6. The van der Waals surface area contributed by atoms with Crippen molar-refractivity contribution in [1.82, 2.24) is 15.5 Å². The molecule has 5 amide bonds. The van der Waals surface area contributed by atoms with Gasteiger partial charge in [-0.25, -0.2) is 14.0 Å². The van der Waals surface area contributed by atoms with Gasteiger partial charge in [-0.1, -0.05) is 29.8 Å². The zero-order chi connectivity index (χ0) is 22.4. The smallest absolute Gasteiger partial charge is 0.407 e. The lowest BCUT2D eigenvalue weighted by Crippen LogP contribution is -2.55. The van der Waals surface area contributed by atoms with Crippen LogP contribution in [0.25, 0.3) is 0 Å². The third-order valence-electron chi connectivity index (χ3n) is 4.65. The molecular weight excluding hydrogens is 463 g/mol. The lowest BCUT2D eigenvalue weighted by atomic mass is 10.0. The number of amides is 5. The Labute approximate surface area is 181 Å². The van der Waals surface area contributed by atoms with Crippen LogP contribution in [-0.2, 0) is 14.3 Å². The fraction of sp³-hybridized carbons (Fsp3) is 0.474. The molecule has 1 saturated heterocycles. The van der Waals surface area contributed by atoms with Crippen LogP contribution >= 0.6 is 15.9 Å². The number of methoxy groups -OCH3 is 1.